The molecule has 0 bridgehead atoms. The molecule has 0 aliphatic rings. The van der Waals surface area contributed by atoms with Crippen molar-refractivity contribution < 1.29 is 0 Å². The summed E-state index contributed by atoms with van der Waals surface area (Å²) in [6.07, 6.45) is 3.23. The van der Waals surface area contributed by atoms with Crippen LogP contribution in [0.2, 0.25) is 0 Å². The Hall–Kier alpha value is -1.01. The van der Waals surface area contributed by atoms with Crippen LogP contribution in [0.5, 0.6) is 0 Å². The molecular weight excluding hydrogens is 258 g/mol. The number of hydrogen-bond acceptors (Lipinski definition) is 6. The molecule has 1 heterocycles. The van der Waals surface area contributed by atoms with E-state index in [-0.39, 0.29) is 5.41 Å². The average Bonchev–Trinajstić information content (AvgIpc) is 2.37. The lowest BCUT2D eigenvalue weighted by molar-refractivity contribution is 0.546. The van der Waals surface area contributed by atoms with Gasteiger partial charge in [-0.2, -0.15) is 11.8 Å². The van der Waals surface area contributed by atoms with Crippen molar-refractivity contribution in [3.63, 3.8) is 0 Å². The van der Waals surface area contributed by atoms with Crippen LogP contribution in [-0.4, -0.2) is 28.0 Å². The van der Waals surface area contributed by atoms with Gasteiger partial charge >= 0.3 is 0 Å². The maximum atomic E-state index is 5.46. The molecule has 1 aromatic heterocycles. The molecule has 0 saturated carbocycles. The third-order valence-electron chi connectivity index (χ3n) is 2.80. The summed E-state index contributed by atoms with van der Waals surface area (Å²) in [6, 6.07) is 1.83. The molecule has 5 nitrogen and oxygen atoms in total. The number of nitrogen functional groups attached to an aromatic ring is 1. The summed E-state index contributed by atoms with van der Waals surface area (Å²) >= 11 is 1.87. The molecule has 6 heteroatoms. The van der Waals surface area contributed by atoms with Gasteiger partial charge in [-0.25, -0.2) is 15.8 Å². The normalized spacial score (nSPS) is 13.2. The lowest BCUT2D eigenvalue weighted by atomic mass is 9.96. The maximum Gasteiger partial charge on any atom is 0.145 e. The first-order chi connectivity index (χ1) is 8.86. The van der Waals surface area contributed by atoms with Gasteiger partial charge in [0.1, 0.15) is 17.5 Å². The first-order valence-electron chi connectivity index (χ1n) is 6.49. The minimum atomic E-state index is -0.101. The Morgan fingerprint density at radius 2 is 1.95 bits per heavy atom. The third kappa shape index (κ3) is 5.24. The molecule has 19 heavy (non-hydrogen) atoms. The number of aromatic nitrogens is 2. The molecule has 0 fully saturated rings. The average molecular weight is 283 g/mol. The molecule has 0 amide bonds. The van der Waals surface area contributed by atoms with Crippen LogP contribution in [0, 0.1) is 0 Å². The standard InChI is InChI=1S/C13H25N5S/c1-9(19-5)6-7-15-10-8-11(18-14)17-12(16-10)13(2,3)4/h8-9H,6-7,14H2,1-5H3,(H2,15,16,17,18). The van der Waals surface area contributed by atoms with Crippen molar-refractivity contribution in [1.29, 1.82) is 0 Å². The summed E-state index contributed by atoms with van der Waals surface area (Å²) in [5, 5.41) is 3.98. The van der Waals surface area contributed by atoms with Crippen molar-refractivity contribution in [2.24, 2.45) is 5.84 Å². The highest BCUT2D eigenvalue weighted by Gasteiger charge is 2.19. The third-order valence-corrected chi connectivity index (χ3v) is 3.84. The summed E-state index contributed by atoms with van der Waals surface area (Å²) in [5.41, 5.74) is 2.49. The van der Waals surface area contributed by atoms with Gasteiger partial charge in [-0.05, 0) is 12.7 Å². The Bertz CT molecular complexity index is 403. The van der Waals surface area contributed by atoms with Gasteiger partial charge in [-0.15, -0.1) is 0 Å². The van der Waals surface area contributed by atoms with Crippen molar-refractivity contribution in [3.8, 4) is 0 Å². The van der Waals surface area contributed by atoms with Gasteiger partial charge in [0.15, 0.2) is 0 Å². The molecule has 0 spiro atoms. The van der Waals surface area contributed by atoms with Gasteiger partial charge in [0, 0.05) is 23.3 Å². The predicted octanol–water partition coefficient (Wildman–Crippen LogP) is 2.61. The van der Waals surface area contributed by atoms with E-state index in [0.29, 0.717) is 11.1 Å². The molecule has 1 aromatic rings. The van der Waals surface area contributed by atoms with Crippen molar-refractivity contribution in [3.05, 3.63) is 11.9 Å². The van der Waals surface area contributed by atoms with Crippen molar-refractivity contribution >= 4 is 23.4 Å². The Morgan fingerprint density at radius 1 is 1.32 bits per heavy atom. The quantitative estimate of drug-likeness (QED) is 0.550. The molecule has 108 valence electrons. The summed E-state index contributed by atoms with van der Waals surface area (Å²) < 4.78 is 0. The van der Waals surface area contributed by atoms with E-state index in [0.717, 1.165) is 24.6 Å². The van der Waals surface area contributed by atoms with Crippen LogP contribution in [0.1, 0.15) is 39.9 Å². The van der Waals surface area contributed by atoms with Gasteiger partial charge in [-0.1, -0.05) is 27.7 Å². The van der Waals surface area contributed by atoms with Crippen LogP contribution < -0.4 is 16.6 Å². The number of nitrogens with two attached hydrogens (primary N) is 1. The van der Waals surface area contributed by atoms with Crippen LogP contribution in [0.4, 0.5) is 11.6 Å². The molecule has 0 aliphatic heterocycles. The molecule has 0 radical (unpaired) electrons. The fourth-order valence-electron chi connectivity index (χ4n) is 1.47. The molecule has 1 unspecified atom stereocenters. The zero-order valence-electron chi connectivity index (χ0n) is 12.4. The second-order valence-corrected chi connectivity index (χ2v) is 6.89. The van der Waals surface area contributed by atoms with Gasteiger partial charge in [0.05, 0.1) is 0 Å². The largest absolute Gasteiger partial charge is 0.370 e. The highest BCUT2D eigenvalue weighted by atomic mass is 32.2. The SMILES string of the molecule is CSC(C)CCNc1cc(NN)nc(C(C)(C)C)n1. The zero-order chi connectivity index (χ0) is 14.5. The van der Waals surface area contributed by atoms with Crippen LogP contribution in [0.15, 0.2) is 6.07 Å². The fraction of sp³-hybridized carbons (Fsp3) is 0.692. The molecule has 0 saturated heterocycles. The second kappa shape index (κ2) is 6.96. The predicted molar refractivity (Wildman–Crippen MR) is 84.6 cm³/mol. The van der Waals surface area contributed by atoms with Crippen LogP contribution in [0.3, 0.4) is 0 Å². The van der Waals surface area contributed by atoms with Gasteiger partial charge in [-0.3, -0.25) is 0 Å². The van der Waals surface area contributed by atoms with Crippen LogP contribution in [-0.2, 0) is 5.41 Å². The lowest BCUT2D eigenvalue weighted by Gasteiger charge is -2.19. The second-order valence-electron chi connectivity index (χ2n) is 5.62. The Kier molecular flexibility index (Phi) is 5.87. The number of anilines is 2. The van der Waals surface area contributed by atoms with E-state index in [9.17, 15) is 0 Å². The summed E-state index contributed by atoms with van der Waals surface area (Å²) in [4.78, 5) is 8.94. The first kappa shape index (κ1) is 16.0. The van der Waals surface area contributed by atoms with Crippen molar-refractivity contribution in [1.82, 2.24) is 9.97 Å². The monoisotopic (exact) mass is 283 g/mol. The van der Waals surface area contributed by atoms with E-state index >= 15 is 0 Å². The van der Waals surface area contributed by atoms with Crippen LogP contribution >= 0.6 is 11.8 Å². The van der Waals surface area contributed by atoms with Crippen molar-refractivity contribution in [2.45, 2.75) is 44.8 Å². The fourth-order valence-corrected chi connectivity index (χ4v) is 1.82. The van der Waals surface area contributed by atoms with E-state index in [1.807, 2.05) is 17.8 Å². The Morgan fingerprint density at radius 3 is 2.47 bits per heavy atom. The molecule has 0 aliphatic carbocycles. The first-order valence-corrected chi connectivity index (χ1v) is 7.78. The molecule has 1 rings (SSSR count). The zero-order valence-corrected chi connectivity index (χ0v) is 13.3. The molecule has 1 atom stereocenters. The highest BCUT2D eigenvalue weighted by molar-refractivity contribution is 7.99. The Balaban J connectivity index is 2.77. The smallest absolute Gasteiger partial charge is 0.145 e. The highest BCUT2D eigenvalue weighted by Crippen LogP contribution is 2.22. The topological polar surface area (TPSA) is 75.9 Å². The van der Waals surface area contributed by atoms with Crippen LogP contribution in [0.25, 0.3) is 0 Å². The van der Waals surface area contributed by atoms with Gasteiger partial charge in [0.25, 0.3) is 0 Å². The lowest BCUT2D eigenvalue weighted by Crippen LogP contribution is -2.20. The van der Waals surface area contributed by atoms with E-state index in [1.54, 1.807) is 0 Å². The summed E-state index contributed by atoms with van der Waals surface area (Å²) in [6.45, 7) is 9.37. The number of hydrazine groups is 1. The summed E-state index contributed by atoms with van der Waals surface area (Å²) in [7, 11) is 0. The van der Waals surface area contributed by atoms with E-state index in [4.69, 9.17) is 5.84 Å². The number of hydrogen-bond donors (Lipinski definition) is 3. The molecule has 4 N–H and O–H groups in total. The number of rotatable bonds is 6. The van der Waals surface area contributed by atoms with Gasteiger partial charge < -0.3 is 10.7 Å². The summed E-state index contributed by atoms with van der Waals surface area (Å²) in [5.74, 6) is 7.70. The molecular formula is C13H25N5S. The molecule has 0 aromatic carbocycles. The van der Waals surface area contributed by atoms with E-state index < -0.39 is 0 Å². The van der Waals surface area contributed by atoms with E-state index in [1.165, 1.54) is 0 Å². The number of thioether (sulfide) groups is 1. The van der Waals surface area contributed by atoms with Crippen molar-refractivity contribution in [2.75, 3.05) is 23.5 Å². The van der Waals surface area contributed by atoms with Gasteiger partial charge in [0.2, 0.25) is 0 Å². The van der Waals surface area contributed by atoms with E-state index in [2.05, 4.69) is 54.7 Å². The number of nitrogens with zero attached hydrogens (tertiary/aromatic N) is 2. The number of nitrogens with one attached hydrogen (secondary N) is 2. The maximum absolute atomic E-state index is 5.46. The minimum Gasteiger partial charge on any atom is -0.370 e. The Labute approximate surface area is 120 Å². The minimum absolute atomic E-state index is 0.101.